The number of pyridine rings is 1. The quantitative estimate of drug-likeness (QED) is 0.483. The number of fused-ring (bicyclic) bond motifs is 1. The molecule has 1 aliphatic heterocycles. The highest BCUT2D eigenvalue weighted by Crippen LogP contribution is 2.48. The third-order valence-electron chi connectivity index (χ3n) is 7.26. The van der Waals surface area contributed by atoms with E-state index < -0.39 is 6.04 Å². The molecule has 1 atom stereocenters. The summed E-state index contributed by atoms with van der Waals surface area (Å²) >= 11 is 0. The maximum Gasteiger partial charge on any atom is 0.239 e. The van der Waals surface area contributed by atoms with Crippen LogP contribution in [0.5, 0.6) is 0 Å². The highest BCUT2D eigenvalue weighted by atomic mass is 16.2. The van der Waals surface area contributed by atoms with Gasteiger partial charge in [-0.1, -0.05) is 44.2 Å². The number of para-hydroxylation sites is 2. The molecule has 0 spiro atoms. The third kappa shape index (κ3) is 5.28. The maximum atomic E-state index is 13.8. The number of carbonyl (C=O) groups excluding carboxylic acids is 2. The lowest BCUT2D eigenvalue weighted by molar-refractivity contribution is -0.120. The molecule has 2 aromatic carbocycles. The van der Waals surface area contributed by atoms with Gasteiger partial charge in [-0.2, -0.15) is 0 Å². The summed E-state index contributed by atoms with van der Waals surface area (Å²) in [5.41, 5.74) is 6.33. The number of anilines is 3. The lowest BCUT2D eigenvalue weighted by Gasteiger charge is -2.38. The number of nitrogens with zero attached hydrogens (tertiary/aromatic N) is 3. The van der Waals surface area contributed by atoms with E-state index in [0.717, 1.165) is 45.9 Å². The molecule has 5 rings (SSSR count). The lowest BCUT2D eigenvalue weighted by Crippen LogP contribution is -2.41. The smallest absolute Gasteiger partial charge is 0.239 e. The van der Waals surface area contributed by atoms with E-state index >= 15 is 0 Å². The SMILES string of the molecule is CN(C)c1ccc(C2C3=C(CC(C)(C)CC3=O)Nc3ccccc3N2CC(=O)NCc2cccnc2)cc1. The molecule has 1 aliphatic carbocycles. The van der Waals surface area contributed by atoms with Crippen molar-refractivity contribution < 1.29 is 9.59 Å². The number of allylic oxidation sites excluding steroid dienone is 1. The van der Waals surface area contributed by atoms with Crippen molar-refractivity contribution in [2.75, 3.05) is 35.8 Å². The molecule has 1 aromatic heterocycles. The molecule has 0 radical (unpaired) electrons. The fourth-order valence-corrected chi connectivity index (χ4v) is 5.44. The van der Waals surface area contributed by atoms with Gasteiger partial charge in [0.2, 0.25) is 5.91 Å². The second-order valence-corrected chi connectivity index (χ2v) is 11.1. The van der Waals surface area contributed by atoms with Crippen LogP contribution in [-0.2, 0) is 16.1 Å². The molecule has 1 unspecified atom stereocenters. The Bertz CT molecular complexity index is 1360. The summed E-state index contributed by atoms with van der Waals surface area (Å²) in [5.74, 6) is 0.00483. The van der Waals surface area contributed by atoms with Crippen molar-refractivity contribution in [2.45, 2.75) is 39.3 Å². The largest absolute Gasteiger partial charge is 0.378 e. The molecular formula is C31H35N5O2. The Morgan fingerprint density at radius 2 is 1.84 bits per heavy atom. The van der Waals surface area contributed by atoms with Crippen LogP contribution in [-0.4, -0.2) is 37.3 Å². The van der Waals surface area contributed by atoms with E-state index in [1.165, 1.54) is 0 Å². The Hall–Kier alpha value is -4.13. The number of carbonyl (C=O) groups is 2. The molecule has 1 amide bonds. The van der Waals surface area contributed by atoms with Crippen LogP contribution in [0.3, 0.4) is 0 Å². The van der Waals surface area contributed by atoms with E-state index in [-0.39, 0.29) is 23.7 Å². The zero-order chi connectivity index (χ0) is 26.9. The second kappa shape index (κ2) is 10.3. The van der Waals surface area contributed by atoms with E-state index in [1.54, 1.807) is 12.4 Å². The molecule has 7 nitrogen and oxygen atoms in total. The van der Waals surface area contributed by atoms with Crippen molar-refractivity contribution in [2.24, 2.45) is 5.41 Å². The van der Waals surface area contributed by atoms with Crippen LogP contribution in [0.15, 0.2) is 84.3 Å². The molecular weight excluding hydrogens is 474 g/mol. The predicted octanol–water partition coefficient (Wildman–Crippen LogP) is 5.08. The van der Waals surface area contributed by atoms with Crippen LogP contribution in [0.1, 0.15) is 43.9 Å². The first-order valence-corrected chi connectivity index (χ1v) is 13.0. The van der Waals surface area contributed by atoms with Gasteiger partial charge in [-0.15, -0.1) is 0 Å². The summed E-state index contributed by atoms with van der Waals surface area (Å²) in [4.78, 5) is 35.4. The van der Waals surface area contributed by atoms with E-state index in [2.05, 4.69) is 63.5 Å². The van der Waals surface area contributed by atoms with Crippen molar-refractivity contribution in [3.8, 4) is 0 Å². The zero-order valence-electron chi connectivity index (χ0n) is 22.5. The first kappa shape index (κ1) is 25.5. The van der Waals surface area contributed by atoms with Crippen LogP contribution in [0.4, 0.5) is 17.1 Å². The molecule has 0 saturated heterocycles. The van der Waals surface area contributed by atoms with Crippen LogP contribution in [0.25, 0.3) is 0 Å². The minimum absolute atomic E-state index is 0.104. The van der Waals surface area contributed by atoms with Crippen molar-refractivity contribution in [3.63, 3.8) is 0 Å². The summed E-state index contributed by atoms with van der Waals surface area (Å²) < 4.78 is 0. The van der Waals surface area contributed by atoms with Gasteiger partial charge >= 0.3 is 0 Å². The van der Waals surface area contributed by atoms with E-state index in [4.69, 9.17) is 0 Å². The molecule has 38 heavy (non-hydrogen) atoms. The highest BCUT2D eigenvalue weighted by molar-refractivity contribution is 6.02. The second-order valence-electron chi connectivity index (χ2n) is 11.1. The number of benzene rings is 2. The van der Waals surface area contributed by atoms with Crippen molar-refractivity contribution in [3.05, 3.63) is 95.5 Å². The van der Waals surface area contributed by atoms with E-state index in [1.807, 2.05) is 50.5 Å². The normalized spacial score (nSPS) is 18.2. The van der Waals surface area contributed by atoms with Gasteiger partial charge < -0.3 is 20.4 Å². The molecule has 0 bridgehead atoms. The summed E-state index contributed by atoms with van der Waals surface area (Å²) in [6.07, 6.45) is 4.69. The summed E-state index contributed by atoms with van der Waals surface area (Å²) in [7, 11) is 4.01. The zero-order valence-corrected chi connectivity index (χ0v) is 22.5. The van der Waals surface area contributed by atoms with E-state index in [9.17, 15) is 9.59 Å². The van der Waals surface area contributed by atoms with Crippen LogP contribution in [0.2, 0.25) is 0 Å². The Morgan fingerprint density at radius 3 is 2.55 bits per heavy atom. The molecule has 3 aromatic rings. The topological polar surface area (TPSA) is 77.6 Å². The predicted molar refractivity (Wildman–Crippen MR) is 152 cm³/mol. The van der Waals surface area contributed by atoms with Crippen molar-refractivity contribution >= 4 is 28.8 Å². The molecule has 0 fully saturated rings. The maximum absolute atomic E-state index is 13.8. The first-order valence-electron chi connectivity index (χ1n) is 13.0. The number of ketones is 1. The monoisotopic (exact) mass is 509 g/mol. The number of hydrogen-bond donors (Lipinski definition) is 2. The van der Waals surface area contributed by atoms with Gasteiger partial charge in [-0.25, -0.2) is 0 Å². The highest BCUT2D eigenvalue weighted by Gasteiger charge is 2.41. The number of nitrogens with one attached hydrogen (secondary N) is 2. The van der Waals surface area contributed by atoms with Gasteiger partial charge in [0.1, 0.15) is 0 Å². The van der Waals surface area contributed by atoms with Gasteiger partial charge in [0.05, 0.1) is 24.0 Å². The Kier molecular flexibility index (Phi) is 6.93. The van der Waals surface area contributed by atoms with Gasteiger partial charge in [-0.05, 0) is 53.3 Å². The van der Waals surface area contributed by atoms with Crippen molar-refractivity contribution in [1.82, 2.24) is 10.3 Å². The van der Waals surface area contributed by atoms with Gasteiger partial charge in [-0.3, -0.25) is 14.6 Å². The van der Waals surface area contributed by atoms with Crippen molar-refractivity contribution in [1.29, 1.82) is 0 Å². The molecule has 2 heterocycles. The number of Topliss-reactive ketones (excluding diaryl/α,β-unsaturated/α-hetero) is 1. The fourth-order valence-electron chi connectivity index (χ4n) is 5.44. The average molecular weight is 510 g/mol. The number of amides is 1. The van der Waals surface area contributed by atoms with Gasteiger partial charge in [0.15, 0.2) is 5.78 Å². The molecule has 2 aliphatic rings. The Balaban J connectivity index is 1.58. The van der Waals surface area contributed by atoms with E-state index in [0.29, 0.717) is 13.0 Å². The summed E-state index contributed by atoms with van der Waals surface area (Å²) in [6, 6.07) is 19.7. The Morgan fingerprint density at radius 1 is 1.08 bits per heavy atom. The minimum Gasteiger partial charge on any atom is -0.378 e. The average Bonchev–Trinajstić information content (AvgIpc) is 3.02. The summed E-state index contributed by atoms with van der Waals surface area (Å²) in [5, 5.41) is 6.65. The molecule has 7 heteroatoms. The van der Waals surface area contributed by atoms with Crippen LogP contribution >= 0.6 is 0 Å². The minimum atomic E-state index is -0.398. The standard InChI is InChI=1S/C31H35N5O2/c1-31(2)16-25-29(27(37)17-31)30(22-11-13-23(14-12-22)35(3)4)36(26-10-6-5-9-24(26)34-25)20-28(38)33-19-21-8-7-15-32-18-21/h5-15,18,30,34H,16-17,19-20H2,1-4H3,(H,33,38). The van der Waals surface area contributed by atoms with Crippen LogP contribution in [0, 0.1) is 5.41 Å². The number of rotatable bonds is 6. The molecule has 0 saturated carbocycles. The van der Waals surface area contributed by atoms with Crippen LogP contribution < -0.4 is 20.4 Å². The fraction of sp³-hybridized carbons (Fsp3) is 0.323. The number of aromatic nitrogens is 1. The Labute approximate surface area is 224 Å². The molecule has 2 N–H and O–H groups in total. The van der Waals surface area contributed by atoms with Gasteiger partial charge in [0.25, 0.3) is 0 Å². The third-order valence-corrected chi connectivity index (χ3v) is 7.26. The number of hydrogen-bond acceptors (Lipinski definition) is 6. The lowest BCUT2D eigenvalue weighted by atomic mass is 9.73. The van der Waals surface area contributed by atoms with Gasteiger partial charge in [0, 0.05) is 56.4 Å². The summed E-state index contributed by atoms with van der Waals surface area (Å²) in [6.45, 7) is 4.77. The first-order chi connectivity index (χ1) is 18.2. The molecule has 196 valence electrons.